The predicted molar refractivity (Wildman–Crippen MR) is 105 cm³/mol. The van der Waals surface area contributed by atoms with E-state index >= 15 is 0 Å². The van der Waals surface area contributed by atoms with Crippen LogP contribution in [-0.4, -0.2) is 34.6 Å². The van der Waals surface area contributed by atoms with Crippen LogP contribution in [0.15, 0.2) is 35.2 Å². The van der Waals surface area contributed by atoms with Crippen molar-refractivity contribution in [1.82, 2.24) is 4.57 Å². The lowest BCUT2D eigenvalue weighted by Gasteiger charge is -2.09. The lowest BCUT2D eigenvalue weighted by atomic mass is 10.1. The van der Waals surface area contributed by atoms with Crippen LogP contribution < -0.4 is 5.73 Å². The first-order chi connectivity index (χ1) is 12.8. The molecule has 1 amide bonds. The van der Waals surface area contributed by atoms with Crippen molar-refractivity contribution in [1.29, 1.82) is 0 Å². The van der Waals surface area contributed by atoms with Gasteiger partial charge in [-0.3, -0.25) is 9.59 Å². The summed E-state index contributed by atoms with van der Waals surface area (Å²) < 4.78 is 7.32. The van der Waals surface area contributed by atoms with Gasteiger partial charge in [0.15, 0.2) is 6.61 Å². The van der Waals surface area contributed by atoms with Gasteiger partial charge in [0.05, 0.1) is 11.3 Å². The fourth-order valence-corrected chi connectivity index (χ4v) is 3.63. The number of hydrogen-bond acceptors (Lipinski definition) is 5. The fraction of sp³-hybridized carbons (Fsp3) is 0.350. The highest BCUT2D eigenvalue weighted by molar-refractivity contribution is 8.00. The number of esters is 1. The highest BCUT2D eigenvalue weighted by atomic mass is 32.2. The number of primary amides is 1. The minimum atomic E-state index is -0.599. The first-order valence-corrected chi connectivity index (χ1v) is 9.70. The predicted octanol–water partition coefficient (Wildman–Crippen LogP) is 3.13. The third-order valence-electron chi connectivity index (χ3n) is 4.13. The number of carbonyl (C=O) groups is 3. The van der Waals surface area contributed by atoms with E-state index in [0.29, 0.717) is 16.0 Å². The summed E-state index contributed by atoms with van der Waals surface area (Å²) >= 11 is 1.16. The van der Waals surface area contributed by atoms with E-state index in [9.17, 15) is 14.4 Å². The number of aromatic nitrogens is 1. The summed E-state index contributed by atoms with van der Waals surface area (Å²) in [6.45, 7) is 6.44. The number of benzene rings is 1. The quantitative estimate of drug-likeness (QED) is 0.405. The standard InChI is InChI=1S/C20H24N2O4S/c1-4-9-22-13(2)10-16(14(22)3)17(23)11-26-20(25)15-7-5-6-8-18(15)27-12-19(21)24/h5-8,10H,4,9,11-12H2,1-3H3,(H2,21,24). The molecule has 0 aliphatic heterocycles. The largest absolute Gasteiger partial charge is 0.454 e. The van der Waals surface area contributed by atoms with Gasteiger partial charge in [0.1, 0.15) is 0 Å². The molecule has 0 unspecified atom stereocenters. The molecule has 27 heavy (non-hydrogen) atoms. The van der Waals surface area contributed by atoms with E-state index in [4.69, 9.17) is 10.5 Å². The summed E-state index contributed by atoms with van der Waals surface area (Å²) in [6, 6.07) is 8.60. The van der Waals surface area contributed by atoms with Gasteiger partial charge in [-0.1, -0.05) is 19.1 Å². The molecule has 0 radical (unpaired) electrons. The average molecular weight is 388 g/mol. The number of aryl methyl sites for hydroxylation is 1. The number of thioether (sulfide) groups is 1. The van der Waals surface area contributed by atoms with E-state index in [1.165, 1.54) is 0 Å². The number of nitrogens with zero attached hydrogens (tertiary/aromatic N) is 1. The van der Waals surface area contributed by atoms with Gasteiger partial charge in [-0.25, -0.2) is 4.79 Å². The lowest BCUT2D eigenvalue weighted by Crippen LogP contribution is -2.16. The van der Waals surface area contributed by atoms with Gasteiger partial charge >= 0.3 is 5.97 Å². The molecule has 0 bridgehead atoms. The number of nitrogens with two attached hydrogens (primary N) is 1. The van der Waals surface area contributed by atoms with Crippen LogP contribution in [0.5, 0.6) is 0 Å². The van der Waals surface area contributed by atoms with E-state index < -0.39 is 11.9 Å². The van der Waals surface area contributed by atoms with Crippen LogP contribution in [0.4, 0.5) is 0 Å². The highest BCUT2D eigenvalue weighted by Crippen LogP contribution is 2.23. The van der Waals surface area contributed by atoms with Crippen molar-refractivity contribution in [3.8, 4) is 0 Å². The van der Waals surface area contributed by atoms with Crippen molar-refractivity contribution in [2.45, 2.75) is 38.6 Å². The van der Waals surface area contributed by atoms with Gasteiger partial charge in [-0.2, -0.15) is 0 Å². The Morgan fingerprint density at radius 2 is 1.85 bits per heavy atom. The molecule has 1 aromatic carbocycles. The highest BCUT2D eigenvalue weighted by Gasteiger charge is 2.19. The lowest BCUT2D eigenvalue weighted by molar-refractivity contribution is -0.115. The van der Waals surface area contributed by atoms with Crippen molar-refractivity contribution in [3.05, 3.63) is 52.8 Å². The second-order valence-electron chi connectivity index (χ2n) is 6.19. The molecule has 2 N–H and O–H groups in total. The maximum atomic E-state index is 12.5. The Kier molecular flexibility index (Phi) is 7.24. The molecule has 0 spiro atoms. The smallest absolute Gasteiger partial charge is 0.339 e. The van der Waals surface area contributed by atoms with Crippen molar-refractivity contribution >= 4 is 29.4 Å². The summed E-state index contributed by atoms with van der Waals surface area (Å²) in [5.41, 5.74) is 7.94. The fourth-order valence-electron chi connectivity index (χ4n) is 2.85. The third kappa shape index (κ3) is 5.23. The summed E-state index contributed by atoms with van der Waals surface area (Å²) in [7, 11) is 0. The normalized spacial score (nSPS) is 10.6. The SMILES string of the molecule is CCCn1c(C)cc(C(=O)COC(=O)c2ccccc2SCC(N)=O)c1C. The van der Waals surface area contributed by atoms with Crippen molar-refractivity contribution in [2.75, 3.05) is 12.4 Å². The maximum Gasteiger partial charge on any atom is 0.339 e. The Labute approximate surface area is 163 Å². The molecule has 1 aromatic heterocycles. The number of carbonyl (C=O) groups excluding carboxylic acids is 3. The molecular weight excluding hydrogens is 364 g/mol. The molecular formula is C20H24N2O4S. The minimum Gasteiger partial charge on any atom is -0.454 e. The van der Waals surface area contributed by atoms with Crippen LogP contribution in [0.3, 0.4) is 0 Å². The molecule has 0 aliphatic carbocycles. The molecule has 0 saturated carbocycles. The number of ketones is 1. The topological polar surface area (TPSA) is 91.4 Å². The Hall–Kier alpha value is -2.54. The number of rotatable bonds is 9. The van der Waals surface area contributed by atoms with Crippen molar-refractivity contribution in [3.63, 3.8) is 0 Å². The van der Waals surface area contributed by atoms with Gasteiger partial charge in [0, 0.05) is 28.4 Å². The minimum absolute atomic E-state index is 0.0621. The molecule has 7 heteroatoms. The van der Waals surface area contributed by atoms with E-state index in [0.717, 1.165) is 36.1 Å². The van der Waals surface area contributed by atoms with Crippen LogP contribution in [0.25, 0.3) is 0 Å². The summed E-state index contributed by atoms with van der Waals surface area (Å²) in [6.07, 6.45) is 0.971. The Balaban J connectivity index is 2.07. The molecule has 2 rings (SSSR count). The summed E-state index contributed by atoms with van der Waals surface area (Å²) in [5.74, 6) is -1.24. The molecule has 0 saturated heterocycles. The average Bonchev–Trinajstić information content (AvgIpc) is 2.93. The van der Waals surface area contributed by atoms with Gasteiger partial charge in [-0.05, 0) is 38.5 Å². The Morgan fingerprint density at radius 3 is 2.52 bits per heavy atom. The second-order valence-corrected chi connectivity index (χ2v) is 7.20. The van der Waals surface area contributed by atoms with Gasteiger partial charge in [0.25, 0.3) is 0 Å². The zero-order valence-electron chi connectivity index (χ0n) is 15.8. The van der Waals surface area contributed by atoms with E-state index in [2.05, 4.69) is 11.5 Å². The van der Waals surface area contributed by atoms with Crippen LogP contribution >= 0.6 is 11.8 Å². The first kappa shape index (κ1) is 20.8. The van der Waals surface area contributed by atoms with Gasteiger partial charge < -0.3 is 15.0 Å². The van der Waals surface area contributed by atoms with Crippen LogP contribution in [0.2, 0.25) is 0 Å². The van der Waals surface area contributed by atoms with Gasteiger partial charge in [0.2, 0.25) is 11.7 Å². The second kappa shape index (κ2) is 9.41. The van der Waals surface area contributed by atoms with Crippen LogP contribution in [-0.2, 0) is 16.1 Å². The van der Waals surface area contributed by atoms with E-state index in [1.54, 1.807) is 24.3 Å². The van der Waals surface area contributed by atoms with Gasteiger partial charge in [-0.15, -0.1) is 11.8 Å². The maximum absolute atomic E-state index is 12.5. The van der Waals surface area contributed by atoms with E-state index in [-0.39, 0.29) is 18.1 Å². The first-order valence-electron chi connectivity index (χ1n) is 8.72. The number of Topliss-reactive ketones (excluding diaryl/α,β-unsaturated/α-hetero) is 1. The summed E-state index contributed by atoms with van der Waals surface area (Å²) in [5, 5.41) is 0. The Morgan fingerprint density at radius 1 is 1.15 bits per heavy atom. The molecule has 0 fully saturated rings. The molecule has 0 atom stereocenters. The van der Waals surface area contributed by atoms with E-state index in [1.807, 2.05) is 19.9 Å². The molecule has 0 aliphatic rings. The summed E-state index contributed by atoms with van der Waals surface area (Å²) in [4.78, 5) is 36.5. The Bertz CT molecular complexity index is 858. The monoisotopic (exact) mass is 388 g/mol. The number of ether oxygens (including phenoxy) is 1. The number of hydrogen-bond donors (Lipinski definition) is 1. The van der Waals surface area contributed by atoms with Crippen molar-refractivity contribution in [2.24, 2.45) is 5.73 Å². The van der Waals surface area contributed by atoms with Crippen molar-refractivity contribution < 1.29 is 19.1 Å². The van der Waals surface area contributed by atoms with Crippen LogP contribution in [0, 0.1) is 13.8 Å². The molecule has 144 valence electrons. The van der Waals surface area contributed by atoms with Crippen LogP contribution in [0.1, 0.15) is 45.4 Å². The zero-order valence-corrected chi connectivity index (χ0v) is 16.6. The molecule has 6 nitrogen and oxygen atoms in total. The number of amides is 1. The molecule has 2 aromatic rings. The zero-order chi connectivity index (χ0) is 20.0. The third-order valence-corrected chi connectivity index (χ3v) is 5.23. The molecule has 1 heterocycles.